The molecule has 1 N–H and O–H groups in total. The van der Waals surface area contributed by atoms with Crippen LogP contribution in [-0.2, 0) is 7.05 Å². The van der Waals surface area contributed by atoms with Gasteiger partial charge in [0.2, 0.25) is 10.6 Å². The summed E-state index contributed by atoms with van der Waals surface area (Å²) in [6.07, 6.45) is 6.16. The fraction of sp³-hybridized carbons (Fsp3) is 0.529. The number of hydrogen-bond acceptors (Lipinski definition) is 6. The van der Waals surface area contributed by atoms with E-state index in [1.54, 1.807) is 23.5 Å². The molecule has 6 nitrogen and oxygen atoms in total. The van der Waals surface area contributed by atoms with Crippen LogP contribution in [0, 0.1) is 0 Å². The lowest BCUT2D eigenvalue weighted by molar-refractivity contribution is 0.340. The summed E-state index contributed by atoms with van der Waals surface area (Å²) in [5, 5.41) is 15.4. The molecule has 3 rings (SSSR count). The molecule has 0 saturated heterocycles. The molecular formula is C17H23N3O3S. The number of phenols is 1. The van der Waals surface area contributed by atoms with Crippen LogP contribution in [0.4, 0.5) is 0 Å². The molecule has 7 heteroatoms. The molecule has 1 aromatic heterocycles. The smallest absolute Gasteiger partial charge is 0.203 e. The van der Waals surface area contributed by atoms with Gasteiger partial charge >= 0.3 is 0 Å². The van der Waals surface area contributed by atoms with Gasteiger partial charge in [-0.15, -0.1) is 0 Å². The van der Waals surface area contributed by atoms with Crippen molar-refractivity contribution in [1.29, 1.82) is 0 Å². The number of methoxy groups -OCH3 is 2. The Morgan fingerprint density at radius 1 is 1.17 bits per heavy atom. The van der Waals surface area contributed by atoms with Crippen molar-refractivity contribution in [1.82, 2.24) is 9.78 Å². The standard InChI is InChI=1S/C17H23N3O3S/c1-20-17(18-12-7-5-4-6-8-12)24-16(19-20)11-9-13(22-2)15(21)14(10-11)23-3/h9-10,12,21H,4-8H2,1-3H3/b18-17+. The minimum absolute atomic E-state index is 0.00297. The van der Waals surface area contributed by atoms with Crippen molar-refractivity contribution in [2.45, 2.75) is 38.1 Å². The van der Waals surface area contributed by atoms with E-state index in [1.165, 1.54) is 33.5 Å². The van der Waals surface area contributed by atoms with Gasteiger partial charge in [-0.2, -0.15) is 5.10 Å². The SMILES string of the molecule is COc1cc(-c2nn(C)/c(=N\C3CCCCC3)s2)cc(OC)c1O. The first-order valence-electron chi connectivity index (χ1n) is 8.15. The third-order valence-electron chi connectivity index (χ3n) is 4.30. The number of nitrogens with zero attached hydrogens (tertiary/aromatic N) is 3. The van der Waals surface area contributed by atoms with E-state index in [1.807, 2.05) is 11.7 Å². The molecule has 130 valence electrons. The summed E-state index contributed by atoms with van der Waals surface area (Å²) >= 11 is 1.54. The molecule has 0 atom stereocenters. The summed E-state index contributed by atoms with van der Waals surface area (Å²) in [7, 11) is 4.95. The first kappa shape index (κ1) is 16.8. The predicted octanol–water partition coefficient (Wildman–Crippen LogP) is 3.10. The van der Waals surface area contributed by atoms with E-state index >= 15 is 0 Å². The average molecular weight is 349 g/mol. The fourth-order valence-corrected chi connectivity index (χ4v) is 3.91. The normalized spacial score (nSPS) is 16.4. The Hall–Kier alpha value is -2.02. The zero-order chi connectivity index (χ0) is 17.1. The Morgan fingerprint density at radius 3 is 2.38 bits per heavy atom. The van der Waals surface area contributed by atoms with Gasteiger partial charge in [-0.05, 0) is 25.0 Å². The molecular weight excluding hydrogens is 326 g/mol. The molecule has 24 heavy (non-hydrogen) atoms. The van der Waals surface area contributed by atoms with E-state index in [-0.39, 0.29) is 5.75 Å². The lowest BCUT2D eigenvalue weighted by atomic mass is 9.96. The third kappa shape index (κ3) is 3.40. The van der Waals surface area contributed by atoms with E-state index in [2.05, 4.69) is 5.10 Å². The maximum atomic E-state index is 10.0. The number of benzene rings is 1. The minimum Gasteiger partial charge on any atom is -0.502 e. The Bertz CT molecular complexity index is 751. The zero-order valence-corrected chi connectivity index (χ0v) is 15.1. The first-order chi connectivity index (χ1) is 11.6. The van der Waals surface area contributed by atoms with Crippen molar-refractivity contribution in [2.24, 2.45) is 12.0 Å². The number of phenolic OH excluding ortho intramolecular Hbond substituents is 1. The maximum Gasteiger partial charge on any atom is 0.203 e. The number of ether oxygens (including phenoxy) is 2. The van der Waals surface area contributed by atoms with Crippen LogP contribution in [0.1, 0.15) is 32.1 Å². The maximum absolute atomic E-state index is 10.0. The monoisotopic (exact) mass is 349 g/mol. The number of aryl methyl sites for hydroxylation is 1. The largest absolute Gasteiger partial charge is 0.502 e. The second kappa shape index (κ2) is 7.25. The molecule has 0 bridgehead atoms. The van der Waals surface area contributed by atoms with Crippen LogP contribution in [-0.4, -0.2) is 35.1 Å². The summed E-state index contributed by atoms with van der Waals surface area (Å²) in [5.74, 6) is 0.734. The molecule has 0 amide bonds. The van der Waals surface area contributed by atoms with Gasteiger partial charge in [-0.1, -0.05) is 30.6 Å². The summed E-state index contributed by atoms with van der Waals surface area (Å²) in [6.45, 7) is 0. The van der Waals surface area contributed by atoms with E-state index in [9.17, 15) is 5.11 Å². The van der Waals surface area contributed by atoms with E-state index < -0.39 is 0 Å². The summed E-state index contributed by atoms with van der Waals surface area (Å²) in [5.41, 5.74) is 0.840. The minimum atomic E-state index is -0.00297. The van der Waals surface area contributed by atoms with Crippen molar-refractivity contribution < 1.29 is 14.6 Å². The van der Waals surface area contributed by atoms with Gasteiger partial charge in [0.05, 0.1) is 20.3 Å². The molecule has 1 aliphatic rings. The Morgan fingerprint density at radius 2 is 1.79 bits per heavy atom. The van der Waals surface area contributed by atoms with Crippen molar-refractivity contribution >= 4 is 11.3 Å². The Labute approximate surface area is 145 Å². The average Bonchev–Trinajstić information content (AvgIpc) is 2.96. The Kier molecular flexibility index (Phi) is 5.08. The quantitative estimate of drug-likeness (QED) is 0.921. The second-order valence-electron chi connectivity index (χ2n) is 5.96. The van der Waals surface area contributed by atoms with Crippen LogP contribution in [0.15, 0.2) is 17.1 Å². The predicted molar refractivity (Wildman–Crippen MR) is 93.7 cm³/mol. The van der Waals surface area contributed by atoms with Gasteiger partial charge in [-0.25, -0.2) is 4.68 Å². The molecule has 1 heterocycles. The summed E-state index contributed by atoms with van der Waals surface area (Å²) in [6, 6.07) is 3.93. The second-order valence-corrected chi connectivity index (χ2v) is 6.92. The van der Waals surface area contributed by atoms with E-state index in [0.29, 0.717) is 17.5 Å². The highest BCUT2D eigenvalue weighted by atomic mass is 32.1. The number of aromatic nitrogens is 2. The molecule has 0 aliphatic heterocycles. The van der Waals surface area contributed by atoms with Crippen LogP contribution in [0.25, 0.3) is 10.6 Å². The number of hydrogen-bond donors (Lipinski definition) is 1. The van der Waals surface area contributed by atoms with Crippen molar-refractivity contribution in [3.8, 4) is 27.8 Å². The molecule has 2 aromatic rings. The van der Waals surface area contributed by atoms with Crippen LogP contribution >= 0.6 is 11.3 Å². The molecule has 0 spiro atoms. The number of aromatic hydroxyl groups is 1. The molecule has 1 saturated carbocycles. The molecule has 1 fully saturated rings. The lowest BCUT2D eigenvalue weighted by Crippen LogP contribution is -2.18. The summed E-state index contributed by atoms with van der Waals surface area (Å²) < 4.78 is 12.3. The van der Waals surface area contributed by atoms with Gasteiger partial charge in [0, 0.05) is 12.6 Å². The fourth-order valence-electron chi connectivity index (χ4n) is 2.96. The molecule has 1 aromatic carbocycles. The van der Waals surface area contributed by atoms with Crippen LogP contribution in [0.5, 0.6) is 17.2 Å². The van der Waals surface area contributed by atoms with Gasteiger partial charge in [-0.3, -0.25) is 4.99 Å². The van der Waals surface area contributed by atoms with Crippen LogP contribution in [0.2, 0.25) is 0 Å². The van der Waals surface area contributed by atoms with Crippen molar-refractivity contribution in [2.75, 3.05) is 14.2 Å². The van der Waals surface area contributed by atoms with Gasteiger partial charge < -0.3 is 14.6 Å². The van der Waals surface area contributed by atoms with Gasteiger partial charge in [0.1, 0.15) is 5.01 Å². The van der Waals surface area contributed by atoms with E-state index in [0.717, 1.165) is 28.2 Å². The lowest BCUT2D eigenvalue weighted by Gasteiger charge is -2.16. The summed E-state index contributed by atoms with van der Waals surface area (Å²) in [4.78, 5) is 5.79. The zero-order valence-electron chi connectivity index (χ0n) is 14.3. The topological polar surface area (TPSA) is 68.9 Å². The molecule has 1 aliphatic carbocycles. The highest BCUT2D eigenvalue weighted by Crippen LogP contribution is 2.40. The van der Waals surface area contributed by atoms with Gasteiger partial charge in [0.25, 0.3) is 0 Å². The van der Waals surface area contributed by atoms with E-state index in [4.69, 9.17) is 14.5 Å². The van der Waals surface area contributed by atoms with Crippen molar-refractivity contribution in [3.63, 3.8) is 0 Å². The third-order valence-corrected chi connectivity index (χ3v) is 5.36. The highest BCUT2D eigenvalue weighted by Gasteiger charge is 2.16. The number of rotatable bonds is 4. The molecule has 0 radical (unpaired) electrons. The van der Waals surface area contributed by atoms with Crippen LogP contribution in [0.3, 0.4) is 0 Å². The first-order valence-corrected chi connectivity index (χ1v) is 8.97. The van der Waals surface area contributed by atoms with Crippen LogP contribution < -0.4 is 14.3 Å². The highest BCUT2D eigenvalue weighted by molar-refractivity contribution is 7.12. The molecule has 0 unspecified atom stereocenters. The Balaban J connectivity index is 1.99. The van der Waals surface area contributed by atoms with Gasteiger partial charge in [0.15, 0.2) is 11.5 Å². The van der Waals surface area contributed by atoms with Crippen molar-refractivity contribution in [3.05, 3.63) is 16.9 Å².